The summed E-state index contributed by atoms with van der Waals surface area (Å²) in [6, 6.07) is 0. The summed E-state index contributed by atoms with van der Waals surface area (Å²) in [7, 11) is -1.36. The lowest BCUT2D eigenvalue weighted by Crippen LogP contribution is -2.48. The van der Waals surface area contributed by atoms with Crippen molar-refractivity contribution in [1.82, 2.24) is 0 Å². The first-order valence-electron chi connectivity index (χ1n) is 11.5. The van der Waals surface area contributed by atoms with Crippen LogP contribution in [0.15, 0.2) is 22.0 Å². The lowest BCUT2D eigenvalue weighted by molar-refractivity contribution is 0.135. The van der Waals surface area contributed by atoms with E-state index in [1.54, 1.807) is 22.7 Å². The Hall–Kier alpha value is 0.397. The van der Waals surface area contributed by atoms with Crippen LogP contribution in [0.2, 0.25) is 24.2 Å². The standard InChI is InChI=1S/C24H38S2Si/c1-13-7-8-14(2)21-17(13)9-10-20(21)27(5,6)24-22-18(11-15(3)25-22)19-12-16(4)26-23(19)24/h11-14,17-24H,7-10H2,1-6H3. The number of hydrogen-bond donors (Lipinski definition) is 0. The Kier molecular flexibility index (Phi) is 4.81. The Morgan fingerprint density at radius 3 is 1.96 bits per heavy atom. The highest BCUT2D eigenvalue weighted by Gasteiger charge is 2.62. The van der Waals surface area contributed by atoms with Gasteiger partial charge in [-0.1, -0.05) is 58.4 Å². The average Bonchev–Trinajstić information content (AvgIpc) is 3.31. The van der Waals surface area contributed by atoms with Crippen LogP contribution in [0.25, 0.3) is 0 Å². The fraction of sp³-hybridized carbons (Fsp3) is 0.833. The summed E-state index contributed by atoms with van der Waals surface area (Å²) in [5, 5.41) is 1.79. The molecule has 3 fully saturated rings. The minimum Gasteiger partial charge on any atom is -0.127 e. The monoisotopic (exact) mass is 418 g/mol. The van der Waals surface area contributed by atoms with Crippen LogP contribution in [0.1, 0.15) is 53.4 Å². The third-order valence-corrected chi connectivity index (χ3v) is 17.7. The van der Waals surface area contributed by atoms with Gasteiger partial charge in [0.2, 0.25) is 0 Å². The molecule has 0 saturated heterocycles. The molecule has 0 aromatic carbocycles. The van der Waals surface area contributed by atoms with Crippen molar-refractivity contribution in [2.24, 2.45) is 35.5 Å². The first-order valence-corrected chi connectivity index (χ1v) is 16.4. The Morgan fingerprint density at radius 2 is 1.37 bits per heavy atom. The van der Waals surface area contributed by atoms with E-state index in [9.17, 15) is 0 Å². The molecule has 0 bridgehead atoms. The first-order chi connectivity index (χ1) is 12.8. The van der Waals surface area contributed by atoms with Crippen LogP contribution < -0.4 is 0 Å². The Bertz CT molecular complexity index is 648. The second-order valence-electron chi connectivity index (χ2n) is 11.2. The lowest BCUT2D eigenvalue weighted by atomic mass is 9.69. The van der Waals surface area contributed by atoms with Gasteiger partial charge in [-0.15, -0.1) is 23.5 Å². The van der Waals surface area contributed by atoms with Gasteiger partial charge >= 0.3 is 0 Å². The van der Waals surface area contributed by atoms with Gasteiger partial charge in [0.25, 0.3) is 0 Å². The first kappa shape index (κ1) is 19.4. The van der Waals surface area contributed by atoms with Crippen molar-refractivity contribution in [1.29, 1.82) is 0 Å². The third kappa shape index (κ3) is 2.84. The Morgan fingerprint density at radius 1 is 0.815 bits per heavy atom. The van der Waals surface area contributed by atoms with E-state index in [0.29, 0.717) is 0 Å². The highest BCUT2D eigenvalue weighted by Crippen LogP contribution is 2.68. The van der Waals surface area contributed by atoms with Crippen molar-refractivity contribution in [3.63, 3.8) is 0 Å². The zero-order valence-electron chi connectivity index (χ0n) is 18.1. The molecule has 3 saturated carbocycles. The van der Waals surface area contributed by atoms with Gasteiger partial charge in [0.15, 0.2) is 0 Å². The van der Waals surface area contributed by atoms with Gasteiger partial charge in [0.1, 0.15) is 0 Å². The zero-order chi connectivity index (χ0) is 19.1. The maximum absolute atomic E-state index is 2.83. The smallest absolute Gasteiger partial charge is 0.0563 e. The van der Waals surface area contributed by atoms with E-state index in [-0.39, 0.29) is 0 Å². The number of hydrogen-bond acceptors (Lipinski definition) is 2. The molecule has 0 N–H and O–H groups in total. The van der Waals surface area contributed by atoms with E-state index in [0.717, 1.165) is 57.1 Å². The predicted molar refractivity (Wildman–Crippen MR) is 126 cm³/mol. The van der Waals surface area contributed by atoms with Crippen molar-refractivity contribution in [3.05, 3.63) is 22.0 Å². The number of fused-ring (bicyclic) bond motifs is 4. The molecule has 5 aliphatic rings. The predicted octanol–water partition coefficient (Wildman–Crippen LogP) is 7.81. The molecule has 9 unspecified atom stereocenters. The molecule has 0 nitrogen and oxygen atoms in total. The van der Waals surface area contributed by atoms with Gasteiger partial charge in [-0.05, 0) is 76.7 Å². The van der Waals surface area contributed by atoms with Gasteiger partial charge in [-0.2, -0.15) is 0 Å². The summed E-state index contributed by atoms with van der Waals surface area (Å²) < 4.78 is 0. The van der Waals surface area contributed by atoms with Crippen LogP contribution in [0.3, 0.4) is 0 Å². The molecule has 9 atom stereocenters. The number of thioether (sulfide) groups is 2. The molecule has 0 aromatic heterocycles. The fourth-order valence-electron chi connectivity index (χ4n) is 8.30. The minimum atomic E-state index is -1.36. The van der Waals surface area contributed by atoms with Gasteiger partial charge in [0, 0.05) is 10.5 Å². The molecule has 0 amide bonds. The largest absolute Gasteiger partial charge is 0.127 e. The molecule has 5 rings (SSSR count). The molecule has 0 radical (unpaired) electrons. The summed E-state index contributed by atoms with van der Waals surface area (Å²) in [4.78, 5) is 3.23. The lowest BCUT2D eigenvalue weighted by Gasteiger charge is -2.48. The number of allylic oxidation sites excluding steroid dienone is 4. The summed E-state index contributed by atoms with van der Waals surface area (Å²) in [6.45, 7) is 15.6. The summed E-state index contributed by atoms with van der Waals surface area (Å²) >= 11 is 4.54. The second kappa shape index (κ2) is 6.70. The summed E-state index contributed by atoms with van der Waals surface area (Å²) in [5.41, 5.74) is 2.07. The molecule has 0 aromatic rings. The summed E-state index contributed by atoms with van der Waals surface area (Å²) in [6.07, 6.45) is 11.4. The van der Waals surface area contributed by atoms with Gasteiger partial charge in [-0.3, -0.25) is 0 Å². The van der Waals surface area contributed by atoms with Crippen LogP contribution in [-0.2, 0) is 0 Å². The van der Waals surface area contributed by atoms with Gasteiger partial charge in [0.05, 0.1) is 8.07 Å². The van der Waals surface area contributed by atoms with Crippen LogP contribution in [0, 0.1) is 35.5 Å². The van der Waals surface area contributed by atoms with Crippen molar-refractivity contribution in [3.8, 4) is 0 Å². The normalized spacial score (nSPS) is 51.6. The molecule has 2 heterocycles. The van der Waals surface area contributed by atoms with Crippen LogP contribution in [-0.4, -0.2) is 18.6 Å². The van der Waals surface area contributed by atoms with E-state index < -0.39 is 8.07 Å². The topological polar surface area (TPSA) is 0 Å². The van der Waals surface area contributed by atoms with E-state index in [2.05, 4.69) is 76.5 Å². The maximum atomic E-state index is 2.83. The van der Waals surface area contributed by atoms with Crippen LogP contribution in [0.4, 0.5) is 0 Å². The average molecular weight is 419 g/mol. The summed E-state index contributed by atoms with van der Waals surface area (Å²) in [5.74, 6) is 5.73. The molecule has 3 aliphatic carbocycles. The van der Waals surface area contributed by atoms with E-state index in [4.69, 9.17) is 0 Å². The molecular formula is C24H38S2Si. The number of rotatable bonds is 2. The van der Waals surface area contributed by atoms with Gasteiger partial charge < -0.3 is 0 Å². The third-order valence-electron chi connectivity index (χ3n) is 9.46. The van der Waals surface area contributed by atoms with E-state index >= 15 is 0 Å². The Labute approximate surface area is 176 Å². The SMILES string of the molecule is CC1=CC2C3C=C(C)SC3C([Si](C)(C)C3CCC4C(C)CCC(C)C43)C2S1. The highest BCUT2D eigenvalue weighted by molar-refractivity contribution is 8.05. The molecule has 2 aliphatic heterocycles. The van der Waals surface area contributed by atoms with Crippen LogP contribution >= 0.6 is 23.5 Å². The minimum absolute atomic E-state index is 0.835. The van der Waals surface area contributed by atoms with Crippen molar-refractivity contribution < 1.29 is 0 Å². The van der Waals surface area contributed by atoms with Crippen molar-refractivity contribution in [2.75, 3.05) is 0 Å². The Balaban J connectivity index is 1.48. The maximum Gasteiger partial charge on any atom is 0.0563 e. The molecular weight excluding hydrogens is 380 g/mol. The molecule has 3 heteroatoms. The van der Waals surface area contributed by atoms with Crippen molar-refractivity contribution >= 4 is 31.6 Å². The quantitative estimate of drug-likeness (QED) is 0.419. The molecule has 150 valence electrons. The molecule has 0 spiro atoms. The van der Waals surface area contributed by atoms with Gasteiger partial charge in [-0.25, -0.2) is 0 Å². The van der Waals surface area contributed by atoms with E-state index in [1.165, 1.54) is 12.8 Å². The highest BCUT2D eigenvalue weighted by atomic mass is 32.2. The second-order valence-corrected chi connectivity index (χ2v) is 19.1. The fourth-order valence-corrected chi connectivity index (χ4v) is 18.8. The zero-order valence-corrected chi connectivity index (χ0v) is 20.7. The van der Waals surface area contributed by atoms with Crippen molar-refractivity contribution in [2.45, 2.75) is 88.1 Å². The molecule has 27 heavy (non-hydrogen) atoms. The van der Waals surface area contributed by atoms with E-state index in [1.807, 2.05) is 0 Å². The van der Waals surface area contributed by atoms with Crippen LogP contribution in [0.5, 0.6) is 0 Å².